The van der Waals surface area contributed by atoms with Crippen LogP contribution in [0.2, 0.25) is 0 Å². The van der Waals surface area contributed by atoms with E-state index in [2.05, 4.69) is 11.4 Å². The molecule has 0 unspecified atom stereocenters. The van der Waals surface area contributed by atoms with Gasteiger partial charge < -0.3 is 19.9 Å². The Morgan fingerprint density at radius 2 is 1.81 bits per heavy atom. The van der Waals surface area contributed by atoms with Crippen LogP contribution < -0.4 is 14.8 Å². The summed E-state index contributed by atoms with van der Waals surface area (Å²) >= 11 is 0. The van der Waals surface area contributed by atoms with Gasteiger partial charge in [0.2, 0.25) is 0 Å². The quantitative estimate of drug-likeness (QED) is 0.667. The van der Waals surface area contributed by atoms with Gasteiger partial charge in [0.1, 0.15) is 0 Å². The van der Waals surface area contributed by atoms with Crippen LogP contribution in [0.3, 0.4) is 0 Å². The zero-order valence-corrected chi connectivity index (χ0v) is 18.2. The lowest BCUT2D eigenvalue weighted by atomic mass is 9.75. The second-order valence-electron chi connectivity index (χ2n) is 8.14. The lowest BCUT2D eigenvalue weighted by molar-refractivity contribution is 0.0951. The number of carbonyl (C=O) groups excluding carboxylic acids is 1. The van der Waals surface area contributed by atoms with Gasteiger partial charge in [-0.05, 0) is 49.1 Å². The van der Waals surface area contributed by atoms with Crippen molar-refractivity contribution in [3.63, 3.8) is 0 Å². The summed E-state index contributed by atoms with van der Waals surface area (Å²) in [7, 11) is 3.32. The number of hydrogen-bond acceptors (Lipinski definition) is 5. The number of aliphatic imine (C=N–C) groups is 1. The molecule has 2 aromatic carbocycles. The first-order chi connectivity index (χ1) is 15.2. The summed E-state index contributed by atoms with van der Waals surface area (Å²) < 4.78 is 11.1. The Labute approximate surface area is 183 Å². The second-order valence-corrected chi connectivity index (χ2v) is 8.14. The molecule has 164 valence electrons. The maximum absolute atomic E-state index is 12.3. The lowest BCUT2D eigenvalue weighted by Crippen LogP contribution is -2.29. The van der Waals surface area contributed by atoms with Crippen LogP contribution in [-0.2, 0) is 0 Å². The third-order valence-electron chi connectivity index (χ3n) is 6.28. The molecule has 31 heavy (non-hydrogen) atoms. The molecule has 6 nitrogen and oxygen atoms in total. The van der Waals surface area contributed by atoms with Crippen LogP contribution in [-0.4, -0.2) is 50.1 Å². The summed E-state index contributed by atoms with van der Waals surface area (Å²) in [5.74, 6) is 1.72. The van der Waals surface area contributed by atoms with Crippen molar-refractivity contribution in [1.29, 1.82) is 0 Å². The van der Waals surface area contributed by atoms with Crippen LogP contribution in [0.4, 0.5) is 0 Å². The van der Waals surface area contributed by atoms with Crippen molar-refractivity contribution in [3.05, 3.63) is 58.7 Å². The molecule has 0 saturated heterocycles. The minimum atomic E-state index is -0.135. The summed E-state index contributed by atoms with van der Waals surface area (Å²) in [6, 6.07) is 12.0. The fraction of sp³-hybridized carbons (Fsp3) is 0.440. The number of ether oxygens (including phenoxy) is 2. The highest BCUT2D eigenvalue weighted by molar-refractivity contribution is 6.15. The number of fused-ring (bicyclic) bond motifs is 3. The van der Waals surface area contributed by atoms with E-state index in [1.54, 1.807) is 14.2 Å². The molecule has 1 aliphatic heterocycles. The van der Waals surface area contributed by atoms with Crippen molar-refractivity contribution in [2.24, 2.45) is 4.99 Å². The highest BCUT2D eigenvalue weighted by atomic mass is 16.5. The van der Waals surface area contributed by atoms with Gasteiger partial charge in [-0.3, -0.25) is 9.79 Å². The Bertz CT molecular complexity index is 968. The maximum atomic E-state index is 12.3. The third kappa shape index (κ3) is 4.30. The summed E-state index contributed by atoms with van der Waals surface area (Å²) in [6.07, 6.45) is 5.20. The topological polar surface area (TPSA) is 80.2 Å². The monoisotopic (exact) mass is 422 g/mol. The number of aliphatic hydroxyl groups is 1. The minimum absolute atomic E-state index is 0.0643. The Morgan fingerprint density at radius 3 is 2.52 bits per heavy atom. The summed E-state index contributed by atoms with van der Waals surface area (Å²) in [6.45, 7) is 0.525. The van der Waals surface area contributed by atoms with E-state index in [0.29, 0.717) is 30.2 Å². The highest BCUT2D eigenvalue weighted by Gasteiger charge is 2.34. The molecule has 0 aromatic heterocycles. The van der Waals surface area contributed by atoms with Crippen molar-refractivity contribution in [1.82, 2.24) is 5.32 Å². The van der Waals surface area contributed by atoms with E-state index in [-0.39, 0.29) is 18.6 Å². The first-order valence-electron chi connectivity index (χ1n) is 11.0. The number of amides is 1. The number of carbonyl (C=O) groups is 1. The number of methoxy groups -OCH3 is 2. The van der Waals surface area contributed by atoms with Gasteiger partial charge >= 0.3 is 0 Å². The summed E-state index contributed by atoms with van der Waals surface area (Å²) in [4.78, 5) is 17.5. The highest BCUT2D eigenvalue weighted by Crippen LogP contribution is 2.44. The lowest BCUT2D eigenvalue weighted by Gasteiger charge is -2.35. The molecule has 0 spiro atoms. The molecule has 1 amide bonds. The molecule has 2 aromatic rings. The number of rotatable bonds is 7. The molecule has 1 aliphatic carbocycles. The first-order valence-corrected chi connectivity index (χ1v) is 11.0. The smallest absolute Gasteiger partial charge is 0.251 e. The van der Waals surface area contributed by atoms with Gasteiger partial charge in [-0.1, -0.05) is 25.0 Å². The van der Waals surface area contributed by atoms with Crippen molar-refractivity contribution in [3.8, 4) is 11.5 Å². The Morgan fingerprint density at radius 1 is 1.10 bits per heavy atom. The molecule has 1 fully saturated rings. The molecule has 6 heteroatoms. The number of benzene rings is 2. The second kappa shape index (κ2) is 9.52. The molecule has 2 atom stereocenters. The van der Waals surface area contributed by atoms with Gasteiger partial charge in [0.25, 0.3) is 5.91 Å². The Balaban J connectivity index is 1.69. The largest absolute Gasteiger partial charge is 0.493 e. The van der Waals surface area contributed by atoms with Crippen LogP contribution >= 0.6 is 0 Å². The van der Waals surface area contributed by atoms with Crippen LogP contribution in [0.25, 0.3) is 0 Å². The fourth-order valence-corrected chi connectivity index (χ4v) is 4.66. The molecule has 1 heterocycles. The van der Waals surface area contributed by atoms with Crippen LogP contribution in [0.1, 0.15) is 65.1 Å². The van der Waals surface area contributed by atoms with Crippen molar-refractivity contribution in [2.45, 2.75) is 44.1 Å². The summed E-state index contributed by atoms with van der Waals surface area (Å²) in [5.41, 5.74) is 4.90. The molecule has 2 aliphatic rings. The van der Waals surface area contributed by atoms with Gasteiger partial charge in [0, 0.05) is 35.8 Å². The molecular formula is C25H30N2O4. The van der Waals surface area contributed by atoms with Crippen molar-refractivity contribution in [2.75, 3.05) is 27.4 Å². The zero-order chi connectivity index (χ0) is 21.8. The Hall–Kier alpha value is -2.86. The minimum Gasteiger partial charge on any atom is -0.493 e. The average molecular weight is 423 g/mol. The normalized spacial score (nSPS) is 19.6. The van der Waals surface area contributed by atoms with Crippen molar-refractivity contribution < 1.29 is 19.4 Å². The number of nitrogens with one attached hydrogen (secondary N) is 1. The van der Waals surface area contributed by atoms with Crippen molar-refractivity contribution >= 4 is 11.6 Å². The van der Waals surface area contributed by atoms with Crippen LogP contribution in [0.15, 0.2) is 41.4 Å². The Kier molecular flexibility index (Phi) is 6.56. The predicted molar refractivity (Wildman–Crippen MR) is 121 cm³/mol. The molecule has 1 saturated carbocycles. The molecule has 2 N–H and O–H groups in total. The maximum Gasteiger partial charge on any atom is 0.251 e. The van der Waals surface area contributed by atoms with E-state index in [9.17, 15) is 4.79 Å². The molecule has 0 bridgehead atoms. The predicted octanol–water partition coefficient (Wildman–Crippen LogP) is 3.69. The van der Waals surface area contributed by atoms with Crippen LogP contribution in [0.5, 0.6) is 11.5 Å². The van der Waals surface area contributed by atoms with E-state index in [1.165, 1.54) is 18.4 Å². The zero-order valence-electron chi connectivity index (χ0n) is 18.2. The SMILES string of the molecule is COc1cc2c(cc1OC)[C@H]1CCCC[C@H]1N=C2c1ccc(C(=O)NCCCO)cc1. The van der Waals surface area contributed by atoms with Crippen LogP contribution in [0, 0.1) is 0 Å². The first kappa shape index (κ1) is 21.4. The van der Waals surface area contributed by atoms with Gasteiger partial charge in [-0.15, -0.1) is 0 Å². The molecular weight excluding hydrogens is 392 g/mol. The fourth-order valence-electron chi connectivity index (χ4n) is 4.66. The van der Waals surface area contributed by atoms with Gasteiger partial charge in [0.15, 0.2) is 11.5 Å². The summed E-state index contributed by atoms with van der Waals surface area (Å²) in [5, 5.41) is 11.7. The number of aliphatic hydroxyl groups excluding tert-OH is 1. The standard InChI is InChI=1S/C25H30N2O4/c1-30-22-14-19-18-6-3-4-7-21(18)27-24(20(19)15-23(22)31-2)16-8-10-17(11-9-16)25(29)26-12-5-13-28/h8-11,14-15,18,21,28H,3-7,12-13H2,1-2H3,(H,26,29)/t18-,21-/m1/s1. The number of hydrogen-bond donors (Lipinski definition) is 2. The van der Waals surface area contributed by atoms with Gasteiger partial charge in [0.05, 0.1) is 26.0 Å². The third-order valence-corrected chi connectivity index (χ3v) is 6.28. The average Bonchev–Trinajstić information content (AvgIpc) is 2.82. The van der Waals surface area contributed by atoms with E-state index in [4.69, 9.17) is 19.6 Å². The molecule has 0 radical (unpaired) electrons. The van der Waals surface area contributed by atoms with E-state index in [0.717, 1.165) is 35.4 Å². The van der Waals surface area contributed by atoms with Gasteiger partial charge in [-0.25, -0.2) is 0 Å². The molecule has 4 rings (SSSR count). The van der Waals surface area contributed by atoms with E-state index < -0.39 is 0 Å². The van der Waals surface area contributed by atoms with Gasteiger partial charge in [-0.2, -0.15) is 0 Å². The number of nitrogens with zero attached hydrogens (tertiary/aromatic N) is 1. The van der Waals surface area contributed by atoms with E-state index >= 15 is 0 Å². The van der Waals surface area contributed by atoms with E-state index in [1.807, 2.05) is 30.3 Å².